The van der Waals surface area contributed by atoms with Crippen LogP contribution in [0.1, 0.15) is 12.8 Å². The lowest BCUT2D eigenvalue weighted by molar-refractivity contribution is 0.155. The van der Waals surface area contributed by atoms with Crippen LogP contribution in [0.15, 0.2) is 0 Å². The van der Waals surface area contributed by atoms with Gasteiger partial charge in [-0.05, 0) is 40.0 Å². The van der Waals surface area contributed by atoms with Gasteiger partial charge in [-0.1, -0.05) is 31.9 Å². The topological polar surface area (TPSA) is 13.0 Å². The van der Waals surface area contributed by atoms with Gasteiger partial charge >= 0.3 is 0 Å². The van der Waals surface area contributed by atoms with E-state index in [1.165, 1.54) is 78.3 Å². The van der Waals surface area contributed by atoms with Crippen LogP contribution >= 0.6 is 65.8 Å². The molecule has 2 saturated heterocycles. The molecule has 2 rings (SSSR count). The Bertz CT molecular complexity index is 227. The van der Waals surface area contributed by atoms with Crippen LogP contribution in [0.5, 0.6) is 0 Å². The van der Waals surface area contributed by atoms with E-state index in [4.69, 9.17) is 0 Å². The monoisotopic (exact) mass is 600 g/mol. The van der Waals surface area contributed by atoms with Crippen LogP contribution in [-0.2, 0) is 0 Å². The summed E-state index contributed by atoms with van der Waals surface area (Å²) < 4.78 is 0. The minimum atomic E-state index is 0. The summed E-state index contributed by atoms with van der Waals surface area (Å²) in [6, 6.07) is 0. The van der Waals surface area contributed by atoms with Crippen LogP contribution in [-0.4, -0.2) is 110 Å². The van der Waals surface area contributed by atoms with Crippen molar-refractivity contribution in [2.75, 3.05) is 90.2 Å². The number of hydrogen-bond donors (Lipinski definition) is 0. The smallest absolute Gasteiger partial charge is 0.0110 e. The van der Waals surface area contributed by atoms with Crippen molar-refractivity contribution in [3.63, 3.8) is 0 Å². The SMILES string of the molecule is Br.Br.CN1CCN(CCCBr)CC1.CN1CCN(CCCBr)CC1. The number of nitrogens with zero attached hydrogens (tertiary/aromatic N) is 4. The minimum Gasteiger partial charge on any atom is -0.304 e. The lowest BCUT2D eigenvalue weighted by Crippen LogP contribution is -2.44. The van der Waals surface area contributed by atoms with E-state index in [9.17, 15) is 0 Å². The molecule has 0 radical (unpaired) electrons. The van der Waals surface area contributed by atoms with Gasteiger partial charge in [0.1, 0.15) is 0 Å². The molecule has 2 aliphatic heterocycles. The fraction of sp³-hybridized carbons (Fsp3) is 1.00. The zero-order valence-electron chi connectivity index (χ0n) is 15.3. The third-order valence-corrected chi connectivity index (χ3v) is 5.53. The predicted molar refractivity (Wildman–Crippen MR) is 125 cm³/mol. The first-order valence-electron chi connectivity index (χ1n) is 8.59. The third-order valence-electron chi connectivity index (χ3n) is 4.41. The first-order chi connectivity index (χ1) is 10.7. The Balaban J connectivity index is 0. The summed E-state index contributed by atoms with van der Waals surface area (Å²) in [5.41, 5.74) is 0. The Hall–Kier alpha value is 1.76. The molecular formula is C16H36Br4N4. The molecule has 148 valence electrons. The molecule has 8 heteroatoms. The molecule has 2 aliphatic rings. The van der Waals surface area contributed by atoms with Crippen molar-refractivity contribution < 1.29 is 0 Å². The molecule has 0 saturated carbocycles. The molecule has 0 N–H and O–H groups in total. The Kier molecular flexibility index (Phi) is 21.1. The molecule has 0 aliphatic carbocycles. The Labute approximate surface area is 187 Å². The molecule has 0 aromatic heterocycles. The van der Waals surface area contributed by atoms with Crippen molar-refractivity contribution in [1.82, 2.24) is 19.6 Å². The molecule has 2 heterocycles. The van der Waals surface area contributed by atoms with Crippen LogP contribution in [0.25, 0.3) is 0 Å². The van der Waals surface area contributed by atoms with Crippen LogP contribution in [0.2, 0.25) is 0 Å². The van der Waals surface area contributed by atoms with Crippen molar-refractivity contribution in [3.8, 4) is 0 Å². The van der Waals surface area contributed by atoms with Gasteiger partial charge in [0.05, 0.1) is 0 Å². The Morgan fingerprint density at radius 1 is 0.583 bits per heavy atom. The quantitative estimate of drug-likeness (QED) is 0.433. The zero-order valence-corrected chi connectivity index (χ0v) is 21.9. The summed E-state index contributed by atoms with van der Waals surface area (Å²) in [4.78, 5) is 9.87. The van der Waals surface area contributed by atoms with Crippen LogP contribution in [0.4, 0.5) is 0 Å². The molecular weight excluding hydrogens is 568 g/mol. The molecule has 0 atom stereocenters. The standard InChI is InChI=1S/2C8H17BrN2.2BrH/c2*1-10-5-7-11(8-6-10)4-2-3-9;;/h2*2-8H2,1H3;2*1H. The van der Waals surface area contributed by atoms with E-state index in [-0.39, 0.29) is 34.0 Å². The van der Waals surface area contributed by atoms with Gasteiger partial charge < -0.3 is 19.6 Å². The summed E-state index contributed by atoms with van der Waals surface area (Å²) in [7, 11) is 4.39. The number of rotatable bonds is 6. The predicted octanol–water partition coefficient (Wildman–Crippen LogP) is 3.19. The molecule has 24 heavy (non-hydrogen) atoms. The average Bonchev–Trinajstić information content (AvgIpc) is 2.54. The van der Waals surface area contributed by atoms with E-state index >= 15 is 0 Å². The maximum atomic E-state index is 3.45. The summed E-state index contributed by atoms with van der Waals surface area (Å²) in [6.45, 7) is 12.5. The second-order valence-corrected chi connectivity index (χ2v) is 7.96. The molecule has 4 nitrogen and oxygen atoms in total. The van der Waals surface area contributed by atoms with Gasteiger partial charge in [0, 0.05) is 63.0 Å². The maximum absolute atomic E-state index is 3.45. The number of piperazine rings is 2. The summed E-state index contributed by atoms with van der Waals surface area (Å²) in [5, 5.41) is 2.28. The fourth-order valence-corrected chi connectivity index (χ4v) is 3.21. The van der Waals surface area contributed by atoms with E-state index in [0.29, 0.717) is 0 Å². The highest BCUT2D eigenvalue weighted by Crippen LogP contribution is 2.01. The highest BCUT2D eigenvalue weighted by Gasteiger charge is 2.12. The number of alkyl halides is 2. The van der Waals surface area contributed by atoms with Gasteiger partial charge in [0.2, 0.25) is 0 Å². The number of likely N-dealkylation sites (N-methyl/N-ethyl adjacent to an activating group) is 2. The molecule has 0 spiro atoms. The van der Waals surface area contributed by atoms with Crippen molar-refractivity contribution in [2.24, 2.45) is 0 Å². The van der Waals surface area contributed by atoms with Crippen molar-refractivity contribution in [3.05, 3.63) is 0 Å². The highest BCUT2D eigenvalue weighted by atomic mass is 79.9. The first-order valence-corrected chi connectivity index (χ1v) is 10.8. The van der Waals surface area contributed by atoms with E-state index in [1.807, 2.05) is 0 Å². The number of hydrogen-bond acceptors (Lipinski definition) is 4. The second kappa shape index (κ2) is 18.1. The van der Waals surface area contributed by atoms with Crippen LogP contribution in [0, 0.1) is 0 Å². The molecule has 0 unspecified atom stereocenters. The lowest BCUT2D eigenvalue weighted by Gasteiger charge is -2.32. The van der Waals surface area contributed by atoms with Crippen LogP contribution in [0.3, 0.4) is 0 Å². The van der Waals surface area contributed by atoms with Gasteiger partial charge in [0.15, 0.2) is 0 Å². The lowest BCUT2D eigenvalue weighted by atomic mass is 10.3. The number of halogens is 4. The van der Waals surface area contributed by atoms with Gasteiger partial charge in [-0.3, -0.25) is 0 Å². The van der Waals surface area contributed by atoms with Crippen LogP contribution < -0.4 is 0 Å². The molecule has 0 aromatic rings. The molecule has 0 aromatic carbocycles. The highest BCUT2D eigenvalue weighted by molar-refractivity contribution is 9.09. The molecule has 2 fully saturated rings. The van der Waals surface area contributed by atoms with Crippen molar-refractivity contribution in [2.45, 2.75) is 12.8 Å². The average molecular weight is 604 g/mol. The summed E-state index contributed by atoms with van der Waals surface area (Å²) in [5.74, 6) is 0. The van der Waals surface area contributed by atoms with E-state index < -0.39 is 0 Å². The Morgan fingerprint density at radius 2 is 0.875 bits per heavy atom. The largest absolute Gasteiger partial charge is 0.304 e. The van der Waals surface area contributed by atoms with Gasteiger partial charge in [-0.15, -0.1) is 34.0 Å². The fourth-order valence-electron chi connectivity index (χ4n) is 2.71. The zero-order chi connectivity index (χ0) is 16.2. The van der Waals surface area contributed by atoms with Gasteiger partial charge in [-0.25, -0.2) is 0 Å². The van der Waals surface area contributed by atoms with Gasteiger partial charge in [-0.2, -0.15) is 0 Å². The first kappa shape index (κ1) is 28.0. The third kappa shape index (κ3) is 13.9. The summed E-state index contributed by atoms with van der Waals surface area (Å²) in [6.07, 6.45) is 2.56. The second-order valence-electron chi connectivity index (χ2n) is 6.37. The minimum absolute atomic E-state index is 0. The Morgan fingerprint density at radius 3 is 1.12 bits per heavy atom. The molecule has 0 bridgehead atoms. The summed E-state index contributed by atoms with van der Waals surface area (Å²) >= 11 is 6.90. The molecule has 0 amide bonds. The van der Waals surface area contributed by atoms with E-state index in [1.54, 1.807) is 0 Å². The van der Waals surface area contributed by atoms with Crippen molar-refractivity contribution in [1.29, 1.82) is 0 Å². The van der Waals surface area contributed by atoms with E-state index in [2.05, 4.69) is 65.6 Å². The maximum Gasteiger partial charge on any atom is 0.0110 e. The normalized spacial score (nSPS) is 20.5. The van der Waals surface area contributed by atoms with Gasteiger partial charge in [0.25, 0.3) is 0 Å². The van der Waals surface area contributed by atoms with E-state index in [0.717, 1.165) is 10.7 Å². The van der Waals surface area contributed by atoms with Crippen molar-refractivity contribution >= 4 is 65.8 Å².